The van der Waals surface area contributed by atoms with E-state index in [-0.39, 0.29) is 60.4 Å². The molecule has 0 aliphatic heterocycles. The van der Waals surface area contributed by atoms with Gasteiger partial charge in [-0.3, -0.25) is 0 Å². The minimum Gasteiger partial charge on any atom is -0.872 e. The smallest absolute Gasteiger partial charge is 0.872 e. The van der Waals surface area contributed by atoms with Gasteiger partial charge < -0.3 is 39.6 Å². The molecule has 0 spiro atoms. The van der Waals surface area contributed by atoms with Gasteiger partial charge in [0.1, 0.15) is 0 Å². The average Bonchev–Trinajstić information content (AvgIpc) is 2.73. The van der Waals surface area contributed by atoms with Crippen LogP contribution in [0.3, 0.4) is 0 Å². The Labute approximate surface area is 279 Å². The average molecular weight is 666 g/mol. The summed E-state index contributed by atoms with van der Waals surface area (Å²) in [6.07, 6.45) is 0. The number of benzene rings is 2. The summed E-state index contributed by atoms with van der Waals surface area (Å²) < 4.78 is 0. The zero-order chi connectivity index (χ0) is 29.2. The van der Waals surface area contributed by atoms with Crippen LogP contribution in [-0.2, 0) is 39.3 Å². The molecule has 0 heterocycles. The maximum absolute atomic E-state index is 12.4. The van der Waals surface area contributed by atoms with E-state index in [2.05, 4.69) is 9.80 Å². The molecule has 2 aromatic carbocycles. The number of rotatable bonds is 12. The second-order valence-electron chi connectivity index (χ2n) is 11.9. The Morgan fingerprint density at radius 2 is 0.564 bits per heavy atom. The fourth-order valence-corrected chi connectivity index (χ4v) is 4.40. The molecule has 0 aromatic heterocycles. The molecule has 0 saturated heterocycles. The van der Waals surface area contributed by atoms with Crippen molar-refractivity contribution in [3.63, 3.8) is 0 Å². The maximum atomic E-state index is 12.4. The van der Waals surface area contributed by atoms with Crippen LogP contribution in [-0.4, -0.2) is 163 Å². The Balaban J connectivity index is 0.000000722. The third kappa shape index (κ3) is 15.3. The third-order valence-corrected chi connectivity index (χ3v) is 5.55. The molecule has 0 bridgehead atoms. The van der Waals surface area contributed by atoms with Gasteiger partial charge in [0, 0.05) is 39.3 Å². The first kappa shape index (κ1) is 38.4. The van der Waals surface area contributed by atoms with Crippen molar-refractivity contribution >= 4 is 48.9 Å². The van der Waals surface area contributed by atoms with Gasteiger partial charge >= 0.3 is 48.9 Å². The summed E-state index contributed by atoms with van der Waals surface area (Å²) in [5, 5.41) is 24.8. The summed E-state index contributed by atoms with van der Waals surface area (Å²) in [7, 11) is 24.1. The van der Waals surface area contributed by atoms with Crippen LogP contribution in [0, 0.1) is 0 Å². The van der Waals surface area contributed by atoms with Crippen LogP contribution in [0.25, 0.3) is 0 Å². The molecule has 9 heteroatoms. The van der Waals surface area contributed by atoms with E-state index >= 15 is 0 Å². The Bertz CT molecular complexity index is 852. The maximum Gasteiger partial charge on any atom is 2.00 e. The minimum absolute atomic E-state index is 0. The number of hydrogen-bond donors (Lipinski definition) is 0. The van der Waals surface area contributed by atoms with Gasteiger partial charge in [-0.05, 0) is 118 Å². The van der Waals surface area contributed by atoms with Crippen molar-refractivity contribution in [2.45, 2.75) is 39.3 Å². The van der Waals surface area contributed by atoms with Gasteiger partial charge in [-0.2, -0.15) is 0 Å². The molecule has 0 N–H and O–H groups in total. The molecule has 0 atom stereocenters. The van der Waals surface area contributed by atoms with Crippen molar-refractivity contribution in [1.82, 2.24) is 29.4 Å². The van der Waals surface area contributed by atoms with Crippen molar-refractivity contribution in [2.75, 3.05) is 84.6 Å². The molecule has 39 heavy (non-hydrogen) atoms. The first-order chi connectivity index (χ1) is 17.6. The molecule has 0 fully saturated rings. The van der Waals surface area contributed by atoms with Gasteiger partial charge in [0.05, 0.1) is 0 Å². The van der Waals surface area contributed by atoms with E-state index in [1.165, 1.54) is 11.1 Å². The molecule has 0 aliphatic carbocycles. The van der Waals surface area contributed by atoms with Gasteiger partial charge in [-0.1, -0.05) is 35.8 Å². The van der Waals surface area contributed by atoms with Crippen LogP contribution < -0.4 is 10.2 Å². The van der Waals surface area contributed by atoms with E-state index in [0.29, 0.717) is 26.2 Å². The summed E-state index contributed by atoms with van der Waals surface area (Å²) in [5.74, 6) is 0.370. The number of hydrogen-bond acceptors (Lipinski definition) is 8. The zero-order valence-electron chi connectivity index (χ0n) is 26.8. The van der Waals surface area contributed by atoms with E-state index in [1.54, 1.807) is 0 Å². The second kappa shape index (κ2) is 18.7. The van der Waals surface area contributed by atoms with Gasteiger partial charge in [0.2, 0.25) is 0 Å². The minimum atomic E-state index is 0. The fourth-order valence-electron chi connectivity index (χ4n) is 4.40. The molecule has 2 rings (SSSR count). The van der Waals surface area contributed by atoms with Crippen molar-refractivity contribution in [3.05, 3.63) is 57.6 Å². The Morgan fingerprint density at radius 1 is 0.385 bits per heavy atom. The summed E-state index contributed by atoms with van der Waals surface area (Å²) >= 11 is 0. The standard InChI is InChI=1S/2C15H27N3O.Ba/c2*1-16(2)9-12-7-13(10-17(3)4)15(19)14(8-12)11-18(5)6;/h2*7-8,19H,9-11H2,1-6H3;/q;;+2/p-2. The van der Waals surface area contributed by atoms with Crippen LogP contribution >= 0.6 is 0 Å². The van der Waals surface area contributed by atoms with Crippen molar-refractivity contribution in [3.8, 4) is 11.5 Å². The fraction of sp³-hybridized carbons (Fsp3) is 0.600. The molecule has 0 amide bonds. The van der Waals surface area contributed by atoms with Gasteiger partial charge in [0.25, 0.3) is 0 Å². The van der Waals surface area contributed by atoms with E-state index < -0.39 is 0 Å². The Kier molecular flexibility index (Phi) is 18.4. The van der Waals surface area contributed by atoms with E-state index in [9.17, 15) is 10.2 Å². The van der Waals surface area contributed by atoms with Crippen LogP contribution in [0.2, 0.25) is 0 Å². The molecular formula is C30H52BaN6O2. The van der Waals surface area contributed by atoms with E-state index in [1.807, 2.05) is 128 Å². The topological polar surface area (TPSA) is 65.6 Å². The van der Waals surface area contributed by atoms with Crippen molar-refractivity contribution in [1.29, 1.82) is 0 Å². The predicted molar refractivity (Wildman–Crippen MR) is 162 cm³/mol. The van der Waals surface area contributed by atoms with Crippen LogP contribution in [0.4, 0.5) is 0 Å². The second-order valence-corrected chi connectivity index (χ2v) is 11.9. The molecule has 0 saturated carbocycles. The predicted octanol–water partition coefficient (Wildman–Crippen LogP) is 1.51. The largest absolute Gasteiger partial charge is 2.00 e. The first-order valence-corrected chi connectivity index (χ1v) is 13.1. The van der Waals surface area contributed by atoms with Crippen LogP contribution in [0.1, 0.15) is 33.4 Å². The molecule has 0 unspecified atom stereocenters. The monoisotopic (exact) mass is 666 g/mol. The van der Waals surface area contributed by atoms with Crippen LogP contribution in [0.15, 0.2) is 24.3 Å². The quantitative estimate of drug-likeness (QED) is 0.317. The molecule has 0 aliphatic rings. The Morgan fingerprint density at radius 3 is 0.718 bits per heavy atom. The normalized spacial score (nSPS) is 11.5. The summed E-state index contributed by atoms with van der Waals surface area (Å²) in [5.41, 5.74) is 5.97. The Hall–Kier alpha value is -0.629. The summed E-state index contributed by atoms with van der Waals surface area (Å²) in [4.78, 5) is 12.4. The van der Waals surface area contributed by atoms with Gasteiger partial charge in [0.15, 0.2) is 0 Å². The molecule has 2 aromatic rings. The molecule has 8 nitrogen and oxygen atoms in total. The van der Waals surface area contributed by atoms with Gasteiger partial charge in [-0.25, -0.2) is 0 Å². The SMILES string of the molecule is CN(C)Cc1cc(CN(C)C)c([O-])c(CN(C)C)c1.CN(C)Cc1cc(CN(C)C)c([O-])c(CN(C)C)c1.[Ba+2]. The summed E-state index contributed by atoms with van der Waals surface area (Å²) in [6, 6.07) is 8.17. The summed E-state index contributed by atoms with van der Waals surface area (Å²) in [6.45, 7) is 4.50. The molecular weight excluding hydrogens is 614 g/mol. The molecule has 216 valence electrons. The third-order valence-electron chi connectivity index (χ3n) is 5.55. The first-order valence-electron chi connectivity index (χ1n) is 13.1. The van der Waals surface area contributed by atoms with Crippen molar-refractivity contribution in [2.24, 2.45) is 0 Å². The number of nitrogens with zero attached hydrogens (tertiary/aromatic N) is 6. The zero-order valence-corrected chi connectivity index (χ0v) is 31.2. The molecule has 0 radical (unpaired) electrons. The van der Waals surface area contributed by atoms with E-state index in [4.69, 9.17) is 0 Å². The van der Waals surface area contributed by atoms with E-state index in [0.717, 1.165) is 35.3 Å². The van der Waals surface area contributed by atoms with Gasteiger partial charge in [-0.15, -0.1) is 0 Å². The van der Waals surface area contributed by atoms with Crippen LogP contribution in [0.5, 0.6) is 11.5 Å². The van der Waals surface area contributed by atoms with Crippen molar-refractivity contribution < 1.29 is 10.2 Å².